The van der Waals surface area contributed by atoms with E-state index in [0.717, 1.165) is 0 Å². The van der Waals surface area contributed by atoms with E-state index in [4.69, 9.17) is 5.73 Å². The Morgan fingerprint density at radius 2 is 1.71 bits per heavy atom. The first-order valence-corrected chi connectivity index (χ1v) is 10.2. The lowest BCUT2D eigenvalue weighted by Gasteiger charge is -2.25. The summed E-state index contributed by atoms with van der Waals surface area (Å²) >= 11 is 0. The summed E-state index contributed by atoms with van der Waals surface area (Å²) in [5.41, 5.74) is 5.26. The van der Waals surface area contributed by atoms with Crippen LogP contribution in [0, 0.1) is 0 Å². The molecule has 0 saturated carbocycles. The van der Waals surface area contributed by atoms with Crippen LogP contribution in [0.5, 0.6) is 0 Å². The topological polar surface area (TPSA) is 38.9 Å². The van der Waals surface area contributed by atoms with Crippen molar-refractivity contribution in [1.82, 2.24) is 4.98 Å². The van der Waals surface area contributed by atoms with E-state index in [1.165, 1.54) is 23.4 Å². The van der Waals surface area contributed by atoms with Crippen LogP contribution in [-0.2, 0) is 5.92 Å². The zero-order chi connectivity index (χ0) is 15.5. The third-order valence-corrected chi connectivity index (χ3v) is 7.16. The average molecular weight is 306 g/mol. The van der Waals surface area contributed by atoms with Crippen molar-refractivity contribution in [3.63, 3.8) is 0 Å². The van der Waals surface area contributed by atoms with Crippen molar-refractivity contribution in [2.24, 2.45) is 0 Å². The van der Waals surface area contributed by atoms with Crippen LogP contribution in [0.15, 0.2) is 48.5 Å². The van der Waals surface area contributed by atoms with Crippen LogP contribution in [0.4, 0.5) is 14.6 Å². The van der Waals surface area contributed by atoms with Gasteiger partial charge in [0, 0.05) is 6.42 Å². The Morgan fingerprint density at radius 1 is 1.05 bits per heavy atom. The molecule has 0 spiro atoms. The molecule has 0 bridgehead atoms. The minimum atomic E-state index is -2.94. The summed E-state index contributed by atoms with van der Waals surface area (Å²) in [4.78, 5) is 3.76. The molecule has 0 atom stereocenters. The minimum Gasteiger partial charge on any atom is -0.384 e. The van der Waals surface area contributed by atoms with Gasteiger partial charge in [-0.2, -0.15) is 8.78 Å². The van der Waals surface area contributed by atoms with Gasteiger partial charge in [-0.1, -0.05) is 54.7 Å². The number of hydrogen-bond donors (Lipinski definition) is 1. The fourth-order valence-electron chi connectivity index (χ4n) is 2.29. The molecular formula is C16H20F2N2Si. The van der Waals surface area contributed by atoms with Gasteiger partial charge in [0.05, 0.1) is 8.07 Å². The molecule has 5 heteroatoms. The molecule has 0 radical (unpaired) electrons. The summed E-state index contributed by atoms with van der Waals surface area (Å²) in [7, 11) is -1.87. The van der Waals surface area contributed by atoms with Gasteiger partial charge < -0.3 is 5.73 Å². The molecule has 1 heterocycles. The number of halogens is 2. The summed E-state index contributed by atoms with van der Waals surface area (Å²) in [5.74, 6) is -2.80. The normalized spacial score (nSPS) is 12.4. The van der Waals surface area contributed by atoms with E-state index < -0.39 is 14.0 Å². The molecule has 0 amide bonds. The Labute approximate surface area is 125 Å². The van der Waals surface area contributed by atoms with Crippen molar-refractivity contribution in [2.45, 2.75) is 31.5 Å². The number of nitrogen functional groups attached to an aromatic ring is 1. The van der Waals surface area contributed by atoms with Crippen molar-refractivity contribution in [3.05, 3.63) is 54.2 Å². The van der Waals surface area contributed by atoms with E-state index >= 15 is 0 Å². The van der Waals surface area contributed by atoms with Crippen LogP contribution in [0.2, 0.25) is 19.1 Å². The van der Waals surface area contributed by atoms with Crippen LogP contribution < -0.4 is 10.9 Å². The number of alkyl halides is 2. The molecule has 0 fully saturated rings. The molecule has 2 N–H and O–H groups in total. The van der Waals surface area contributed by atoms with Gasteiger partial charge in [-0.3, -0.25) is 0 Å². The minimum absolute atomic E-state index is 0.131. The predicted molar refractivity (Wildman–Crippen MR) is 85.5 cm³/mol. The Bertz CT molecular complexity index is 600. The predicted octanol–water partition coefficient (Wildman–Crippen LogP) is 3.76. The molecule has 0 saturated heterocycles. The quantitative estimate of drug-likeness (QED) is 0.854. The molecule has 0 aliphatic rings. The summed E-state index contributed by atoms with van der Waals surface area (Å²) in [5, 5.41) is 1.20. The fraction of sp³-hybridized carbons (Fsp3) is 0.312. The zero-order valence-electron chi connectivity index (χ0n) is 12.3. The number of pyridine rings is 1. The molecule has 0 aliphatic heterocycles. The van der Waals surface area contributed by atoms with Gasteiger partial charge in [0.15, 0.2) is 0 Å². The van der Waals surface area contributed by atoms with E-state index in [1.54, 1.807) is 0 Å². The Balaban J connectivity index is 2.11. The highest BCUT2D eigenvalue weighted by molar-refractivity contribution is 6.89. The SMILES string of the molecule is C[Si](C)(CCC(F)(F)c1cccc(N)n1)c1ccccc1. The number of benzene rings is 1. The van der Waals surface area contributed by atoms with Crippen molar-refractivity contribution in [2.75, 3.05) is 5.73 Å². The molecule has 112 valence electrons. The maximum atomic E-state index is 14.3. The lowest BCUT2D eigenvalue weighted by Crippen LogP contribution is -2.42. The number of aromatic nitrogens is 1. The Kier molecular flexibility index (Phi) is 4.42. The molecule has 0 aliphatic carbocycles. The standard InChI is InChI=1S/C16H20F2N2Si/c1-21(2,13-7-4-3-5-8-13)12-11-16(17,18)14-9-6-10-15(19)20-14/h3-10H,11-12H2,1-2H3,(H2,19,20). The van der Waals surface area contributed by atoms with Crippen LogP contribution in [0.25, 0.3) is 0 Å². The smallest absolute Gasteiger partial charge is 0.289 e. The molecule has 2 nitrogen and oxygen atoms in total. The van der Waals surface area contributed by atoms with Gasteiger partial charge in [0.1, 0.15) is 11.5 Å². The molecular weight excluding hydrogens is 286 g/mol. The van der Waals surface area contributed by atoms with Crippen LogP contribution in [-0.4, -0.2) is 13.1 Å². The monoisotopic (exact) mass is 306 g/mol. The first-order valence-electron chi connectivity index (χ1n) is 6.98. The molecule has 2 aromatic rings. The lowest BCUT2D eigenvalue weighted by atomic mass is 10.1. The zero-order valence-corrected chi connectivity index (χ0v) is 13.3. The van der Waals surface area contributed by atoms with E-state index in [-0.39, 0.29) is 17.9 Å². The second kappa shape index (κ2) is 5.93. The molecule has 21 heavy (non-hydrogen) atoms. The number of nitrogens with zero attached hydrogens (tertiary/aromatic N) is 1. The number of hydrogen-bond acceptors (Lipinski definition) is 2. The van der Waals surface area contributed by atoms with Gasteiger partial charge in [-0.15, -0.1) is 0 Å². The number of nitrogens with two attached hydrogens (primary N) is 1. The molecule has 1 aromatic heterocycles. The van der Waals surface area contributed by atoms with Gasteiger partial charge in [0.2, 0.25) is 0 Å². The number of anilines is 1. The maximum Gasteiger partial charge on any atom is 0.289 e. The van der Waals surface area contributed by atoms with Gasteiger partial charge in [-0.05, 0) is 18.2 Å². The van der Waals surface area contributed by atoms with E-state index in [0.29, 0.717) is 6.04 Å². The highest BCUT2D eigenvalue weighted by atomic mass is 28.3. The summed E-state index contributed by atoms with van der Waals surface area (Å²) in [6.07, 6.45) is -0.197. The lowest BCUT2D eigenvalue weighted by molar-refractivity contribution is -0.0128. The molecule has 2 rings (SSSR count). The largest absolute Gasteiger partial charge is 0.384 e. The third kappa shape index (κ3) is 3.88. The average Bonchev–Trinajstić information content (AvgIpc) is 2.46. The van der Waals surface area contributed by atoms with E-state index in [9.17, 15) is 8.78 Å². The van der Waals surface area contributed by atoms with Crippen molar-refractivity contribution >= 4 is 19.1 Å². The molecule has 0 unspecified atom stereocenters. The van der Waals surface area contributed by atoms with Crippen LogP contribution in [0.3, 0.4) is 0 Å². The van der Waals surface area contributed by atoms with Gasteiger partial charge in [0.25, 0.3) is 5.92 Å². The summed E-state index contributed by atoms with van der Waals surface area (Å²) in [6, 6.07) is 14.8. The number of rotatable bonds is 5. The Hall–Kier alpha value is -1.75. The first-order chi connectivity index (χ1) is 9.81. The fourth-order valence-corrected chi connectivity index (χ4v) is 4.61. The van der Waals surface area contributed by atoms with Crippen LogP contribution >= 0.6 is 0 Å². The van der Waals surface area contributed by atoms with E-state index in [1.807, 2.05) is 30.3 Å². The third-order valence-electron chi connectivity index (χ3n) is 3.76. The second-order valence-corrected chi connectivity index (χ2v) is 10.7. The van der Waals surface area contributed by atoms with Crippen molar-refractivity contribution < 1.29 is 8.78 Å². The first kappa shape index (κ1) is 15.6. The van der Waals surface area contributed by atoms with Gasteiger partial charge in [-0.25, -0.2) is 4.98 Å². The van der Waals surface area contributed by atoms with Crippen LogP contribution in [0.1, 0.15) is 12.1 Å². The highest BCUT2D eigenvalue weighted by Crippen LogP contribution is 2.34. The van der Waals surface area contributed by atoms with Gasteiger partial charge >= 0.3 is 0 Å². The van der Waals surface area contributed by atoms with E-state index in [2.05, 4.69) is 18.1 Å². The second-order valence-electron chi connectivity index (χ2n) is 5.90. The Morgan fingerprint density at radius 3 is 2.33 bits per heavy atom. The highest BCUT2D eigenvalue weighted by Gasteiger charge is 2.36. The molecule has 1 aromatic carbocycles. The maximum absolute atomic E-state index is 14.3. The van der Waals surface area contributed by atoms with Crippen molar-refractivity contribution in [1.29, 1.82) is 0 Å². The summed E-state index contributed by atoms with van der Waals surface area (Å²) in [6.45, 7) is 4.23. The van der Waals surface area contributed by atoms with Crippen molar-refractivity contribution in [3.8, 4) is 0 Å². The summed E-state index contributed by atoms with van der Waals surface area (Å²) < 4.78 is 28.6.